The molecule has 2 aromatic heterocycles. The zero-order valence-corrected chi connectivity index (χ0v) is 12.9. The Bertz CT molecular complexity index is 528. The van der Waals surface area contributed by atoms with Gasteiger partial charge in [-0.3, -0.25) is 0 Å². The maximum atomic E-state index is 6.24. The van der Waals surface area contributed by atoms with E-state index in [0.717, 1.165) is 20.6 Å². The van der Waals surface area contributed by atoms with Gasteiger partial charge >= 0.3 is 0 Å². The molecule has 0 aromatic carbocycles. The van der Waals surface area contributed by atoms with Gasteiger partial charge in [-0.15, -0.1) is 11.3 Å². The first-order valence-corrected chi connectivity index (χ1v) is 7.33. The van der Waals surface area contributed by atoms with E-state index in [1.165, 1.54) is 0 Å². The summed E-state index contributed by atoms with van der Waals surface area (Å²) in [6, 6.07) is 1.99. The second kappa shape index (κ2) is 5.04. The zero-order chi connectivity index (χ0) is 12.6. The van der Waals surface area contributed by atoms with Gasteiger partial charge in [0.25, 0.3) is 0 Å². The summed E-state index contributed by atoms with van der Waals surface area (Å²) in [6.07, 6.45) is 0. The minimum absolute atomic E-state index is 0.336. The summed E-state index contributed by atoms with van der Waals surface area (Å²) >= 11 is 11.3. The van der Waals surface area contributed by atoms with Crippen molar-refractivity contribution in [3.63, 3.8) is 0 Å². The Morgan fingerprint density at radius 2 is 2.06 bits per heavy atom. The SMILES string of the molecule is Cc1nc(-c2sccc2Br)nc(Cl)c1C(C)C. The molecular formula is C12H12BrClN2S. The van der Waals surface area contributed by atoms with E-state index < -0.39 is 0 Å². The van der Waals surface area contributed by atoms with E-state index in [1.54, 1.807) is 11.3 Å². The average Bonchev–Trinajstić information content (AvgIpc) is 2.62. The third-order valence-corrected chi connectivity index (χ3v) is 4.61. The molecule has 17 heavy (non-hydrogen) atoms. The molecule has 0 saturated heterocycles. The Morgan fingerprint density at radius 1 is 1.35 bits per heavy atom. The van der Waals surface area contributed by atoms with Crippen LogP contribution in [-0.2, 0) is 0 Å². The van der Waals surface area contributed by atoms with Crippen molar-refractivity contribution in [2.75, 3.05) is 0 Å². The Hall–Kier alpha value is -0.450. The van der Waals surface area contributed by atoms with Crippen LogP contribution in [0, 0.1) is 6.92 Å². The highest BCUT2D eigenvalue weighted by Crippen LogP contribution is 2.34. The van der Waals surface area contributed by atoms with Crippen LogP contribution in [0.2, 0.25) is 5.15 Å². The van der Waals surface area contributed by atoms with E-state index in [4.69, 9.17) is 11.6 Å². The summed E-state index contributed by atoms with van der Waals surface area (Å²) in [4.78, 5) is 9.96. The van der Waals surface area contributed by atoms with Gasteiger partial charge in [0.2, 0.25) is 0 Å². The topological polar surface area (TPSA) is 25.8 Å². The largest absolute Gasteiger partial charge is 0.232 e. The summed E-state index contributed by atoms with van der Waals surface area (Å²) in [5.41, 5.74) is 1.98. The number of halogens is 2. The van der Waals surface area contributed by atoms with Crippen LogP contribution in [0.5, 0.6) is 0 Å². The highest BCUT2D eigenvalue weighted by molar-refractivity contribution is 9.10. The Morgan fingerprint density at radius 3 is 2.53 bits per heavy atom. The second-order valence-corrected chi connectivity index (χ2v) is 6.22. The van der Waals surface area contributed by atoms with Crippen molar-refractivity contribution in [2.45, 2.75) is 26.7 Å². The smallest absolute Gasteiger partial charge is 0.172 e. The summed E-state index contributed by atoms with van der Waals surface area (Å²) in [5.74, 6) is 1.03. The molecule has 5 heteroatoms. The number of hydrogen-bond donors (Lipinski definition) is 0. The van der Waals surface area contributed by atoms with E-state index in [1.807, 2.05) is 18.4 Å². The van der Waals surface area contributed by atoms with Gasteiger partial charge in [-0.2, -0.15) is 0 Å². The number of aromatic nitrogens is 2. The maximum absolute atomic E-state index is 6.24. The summed E-state index contributed by atoms with van der Waals surface area (Å²) in [7, 11) is 0. The number of thiophene rings is 1. The van der Waals surface area contributed by atoms with Gasteiger partial charge in [0.15, 0.2) is 5.82 Å². The molecule has 0 aliphatic heterocycles. The molecule has 0 bridgehead atoms. The fraction of sp³-hybridized carbons (Fsp3) is 0.333. The number of aryl methyl sites for hydroxylation is 1. The molecule has 0 atom stereocenters. The minimum Gasteiger partial charge on any atom is -0.232 e. The van der Waals surface area contributed by atoms with Gasteiger partial charge in [-0.05, 0) is 40.2 Å². The van der Waals surface area contributed by atoms with E-state index in [-0.39, 0.29) is 0 Å². The Kier molecular flexibility index (Phi) is 3.85. The molecule has 0 unspecified atom stereocenters. The van der Waals surface area contributed by atoms with Crippen molar-refractivity contribution in [2.24, 2.45) is 0 Å². The number of hydrogen-bond acceptors (Lipinski definition) is 3. The van der Waals surface area contributed by atoms with Crippen LogP contribution in [0.25, 0.3) is 10.7 Å². The van der Waals surface area contributed by atoms with Crippen LogP contribution in [0.1, 0.15) is 31.0 Å². The molecule has 0 spiro atoms. The van der Waals surface area contributed by atoms with Crippen LogP contribution in [0.4, 0.5) is 0 Å². The summed E-state index contributed by atoms with van der Waals surface area (Å²) in [6.45, 7) is 6.17. The predicted octanol–water partition coefficient (Wildman–Crippen LogP) is 5.05. The molecule has 0 aliphatic rings. The Balaban J connectivity index is 2.57. The molecule has 0 saturated carbocycles. The van der Waals surface area contributed by atoms with Crippen LogP contribution < -0.4 is 0 Å². The van der Waals surface area contributed by atoms with Crippen LogP contribution in [-0.4, -0.2) is 9.97 Å². The zero-order valence-electron chi connectivity index (χ0n) is 9.79. The van der Waals surface area contributed by atoms with E-state index in [2.05, 4.69) is 39.7 Å². The normalized spacial score (nSPS) is 11.2. The standard InChI is InChI=1S/C12H12BrClN2S/c1-6(2)9-7(3)15-12(16-11(9)14)10-8(13)4-5-17-10/h4-6H,1-3H3. The van der Waals surface area contributed by atoms with Crippen molar-refractivity contribution in [1.29, 1.82) is 0 Å². The Labute approximate surface area is 118 Å². The van der Waals surface area contributed by atoms with Crippen molar-refractivity contribution in [3.8, 4) is 10.7 Å². The minimum atomic E-state index is 0.336. The lowest BCUT2D eigenvalue weighted by Crippen LogP contribution is -2.01. The quantitative estimate of drug-likeness (QED) is 0.719. The molecule has 2 nitrogen and oxygen atoms in total. The third kappa shape index (κ3) is 2.54. The molecule has 2 rings (SSSR count). The fourth-order valence-corrected chi connectivity index (χ4v) is 3.67. The van der Waals surface area contributed by atoms with Gasteiger partial charge in [-0.1, -0.05) is 25.4 Å². The van der Waals surface area contributed by atoms with E-state index in [0.29, 0.717) is 16.9 Å². The molecule has 0 amide bonds. The lowest BCUT2D eigenvalue weighted by atomic mass is 10.0. The van der Waals surface area contributed by atoms with Crippen molar-refractivity contribution < 1.29 is 0 Å². The first-order chi connectivity index (χ1) is 8.00. The molecule has 0 aliphatic carbocycles. The van der Waals surface area contributed by atoms with Gasteiger partial charge < -0.3 is 0 Å². The monoisotopic (exact) mass is 330 g/mol. The van der Waals surface area contributed by atoms with Crippen molar-refractivity contribution in [1.82, 2.24) is 9.97 Å². The molecule has 90 valence electrons. The van der Waals surface area contributed by atoms with Crippen LogP contribution >= 0.6 is 38.9 Å². The molecule has 0 radical (unpaired) electrons. The number of nitrogens with zero attached hydrogens (tertiary/aromatic N) is 2. The summed E-state index contributed by atoms with van der Waals surface area (Å²) in [5, 5.41) is 2.56. The predicted molar refractivity (Wildman–Crippen MR) is 76.9 cm³/mol. The highest BCUT2D eigenvalue weighted by Gasteiger charge is 2.15. The van der Waals surface area contributed by atoms with Crippen LogP contribution in [0.3, 0.4) is 0 Å². The molecule has 2 aromatic rings. The second-order valence-electron chi connectivity index (χ2n) is 4.09. The molecular weight excluding hydrogens is 320 g/mol. The van der Waals surface area contributed by atoms with Crippen molar-refractivity contribution >= 4 is 38.9 Å². The van der Waals surface area contributed by atoms with Crippen LogP contribution in [0.15, 0.2) is 15.9 Å². The van der Waals surface area contributed by atoms with Crippen molar-refractivity contribution in [3.05, 3.63) is 32.3 Å². The summed E-state index contributed by atoms with van der Waals surface area (Å²) < 4.78 is 1.01. The molecule has 0 fully saturated rings. The number of rotatable bonds is 2. The molecule has 2 heterocycles. The fourth-order valence-electron chi connectivity index (χ4n) is 1.76. The van der Waals surface area contributed by atoms with Gasteiger partial charge in [0.05, 0.1) is 4.88 Å². The van der Waals surface area contributed by atoms with Gasteiger partial charge in [-0.25, -0.2) is 9.97 Å². The third-order valence-electron chi connectivity index (χ3n) is 2.49. The van der Waals surface area contributed by atoms with E-state index in [9.17, 15) is 0 Å². The average molecular weight is 332 g/mol. The lowest BCUT2D eigenvalue weighted by molar-refractivity contribution is 0.831. The lowest BCUT2D eigenvalue weighted by Gasteiger charge is -2.11. The van der Waals surface area contributed by atoms with Gasteiger partial charge in [0.1, 0.15) is 5.15 Å². The first kappa shape index (κ1) is 13.0. The highest BCUT2D eigenvalue weighted by atomic mass is 79.9. The first-order valence-electron chi connectivity index (χ1n) is 5.28. The molecule has 0 N–H and O–H groups in total. The maximum Gasteiger partial charge on any atom is 0.172 e. The van der Waals surface area contributed by atoms with Gasteiger partial charge in [0, 0.05) is 15.7 Å². The van der Waals surface area contributed by atoms with E-state index >= 15 is 0 Å².